The summed E-state index contributed by atoms with van der Waals surface area (Å²) in [7, 11) is 4.26. The minimum Gasteiger partial charge on any atom is -0.483 e. The first-order valence-corrected chi connectivity index (χ1v) is 12.0. The van der Waals surface area contributed by atoms with E-state index in [0.717, 1.165) is 11.3 Å². The maximum Gasteiger partial charge on any atom is 0.337 e. The summed E-state index contributed by atoms with van der Waals surface area (Å²) in [6, 6.07) is 10.1. The first kappa shape index (κ1) is 26.7. The fourth-order valence-corrected chi connectivity index (χ4v) is 4.07. The van der Waals surface area contributed by atoms with Gasteiger partial charge in [-0.2, -0.15) is 0 Å². The molecule has 1 aromatic heterocycles. The van der Waals surface area contributed by atoms with E-state index in [9.17, 15) is 14.4 Å². The third-order valence-corrected chi connectivity index (χ3v) is 6.43. The summed E-state index contributed by atoms with van der Waals surface area (Å²) < 4.78 is 17.2. The van der Waals surface area contributed by atoms with Gasteiger partial charge in [0.25, 0.3) is 0 Å². The number of carbonyl (C=O) groups excluding carboxylic acids is 3. The van der Waals surface area contributed by atoms with Crippen LogP contribution in [0.25, 0.3) is 0 Å². The van der Waals surface area contributed by atoms with E-state index in [1.165, 1.54) is 49.7 Å². The highest BCUT2D eigenvalue weighted by atomic mass is 32.2. The average Bonchev–Trinajstić information content (AvgIpc) is 3.23. The van der Waals surface area contributed by atoms with Crippen molar-refractivity contribution in [2.45, 2.75) is 32.0 Å². The van der Waals surface area contributed by atoms with E-state index < -0.39 is 11.9 Å². The molecular weight excluding hydrogens is 484 g/mol. The van der Waals surface area contributed by atoms with Crippen molar-refractivity contribution in [1.82, 2.24) is 14.8 Å². The van der Waals surface area contributed by atoms with Crippen LogP contribution in [0.3, 0.4) is 0 Å². The number of hydrogen-bond acceptors (Lipinski definition) is 9. The van der Waals surface area contributed by atoms with Gasteiger partial charge in [-0.25, -0.2) is 9.59 Å². The van der Waals surface area contributed by atoms with Crippen molar-refractivity contribution in [2.24, 2.45) is 7.05 Å². The Labute approximate surface area is 213 Å². The molecule has 11 heteroatoms. The van der Waals surface area contributed by atoms with Crippen LogP contribution in [0.5, 0.6) is 5.75 Å². The van der Waals surface area contributed by atoms with Crippen LogP contribution in [0.1, 0.15) is 50.7 Å². The molecule has 0 aliphatic heterocycles. The molecule has 1 N–H and O–H groups in total. The van der Waals surface area contributed by atoms with Crippen LogP contribution in [-0.4, -0.2) is 52.6 Å². The Morgan fingerprint density at radius 3 is 2.19 bits per heavy atom. The first-order chi connectivity index (χ1) is 17.1. The lowest BCUT2D eigenvalue weighted by atomic mass is 10.1. The summed E-state index contributed by atoms with van der Waals surface area (Å²) >= 11 is 1.19. The average molecular weight is 513 g/mol. The number of methoxy groups -OCH3 is 2. The summed E-state index contributed by atoms with van der Waals surface area (Å²) in [5.41, 5.74) is 2.80. The molecule has 1 amide bonds. The van der Waals surface area contributed by atoms with Gasteiger partial charge in [0.15, 0.2) is 17.1 Å². The van der Waals surface area contributed by atoms with E-state index in [1.807, 2.05) is 39.0 Å². The molecule has 2 aromatic carbocycles. The molecule has 0 aliphatic carbocycles. The van der Waals surface area contributed by atoms with Crippen LogP contribution in [0.15, 0.2) is 41.6 Å². The van der Waals surface area contributed by atoms with Crippen molar-refractivity contribution in [3.8, 4) is 5.75 Å². The van der Waals surface area contributed by atoms with Gasteiger partial charge in [0.1, 0.15) is 5.75 Å². The maximum absolute atomic E-state index is 12.6. The highest BCUT2D eigenvalue weighted by Crippen LogP contribution is 2.25. The fraction of sp³-hybridized carbons (Fsp3) is 0.320. The number of nitrogens with zero attached hydrogens (tertiary/aromatic N) is 3. The van der Waals surface area contributed by atoms with Crippen LogP contribution in [0, 0.1) is 13.8 Å². The van der Waals surface area contributed by atoms with Crippen LogP contribution in [-0.2, 0) is 21.3 Å². The molecule has 36 heavy (non-hydrogen) atoms. The highest BCUT2D eigenvalue weighted by Gasteiger charge is 2.19. The van der Waals surface area contributed by atoms with E-state index in [2.05, 4.69) is 15.5 Å². The Balaban J connectivity index is 1.66. The zero-order chi connectivity index (χ0) is 26.4. The molecule has 0 saturated carbocycles. The summed E-state index contributed by atoms with van der Waals surface area (Å²) in [6.45, 7) is 5.95. The van der Waals surface area contributed by atoms with Gasteiger partial charge in [-0.05, 0) is 62.2 Å². The van der Waals surface area contributed by atoms with E-state index >= 15 is 0 Å². The fourth-order valence-electron chi connectivity index (χ4n) is 3.35. The molecule has 1 unspecified atom stereocenters. The molecule has 190 valence electrons. The SMILES string of the molecule is COC(=O)c1cc(NC(=O)CSc2nnc(C(C)Oc3ccc(C)c(C)c3)n2C)cc(C(=O)OC)c1. The Kier molecular flexibility index (Phi) is 8.70. The summed E-state index contributed by atoms with van der Waals surface area (Å²) in [4.78, 5) is 36.5. The number of nitrogens with one attached hydrogen (secondary N) is 1. The lowest BCUT2D eigenvalue weighted by Gasteiger charge is -2.15. The number of anilines is 1. The van der Waals surface area contributed by atoms with E-state index in [1.54, 1.807) is 11.6 Å². The minimum atomic E-state index is -0.644. The lowest BCUT2D eigenvalue weighted by Crippen LogP contribution is -2.16. The standard InChI is InChI=1S/C25H28N4O6S/c1-14-7-8-20(9-15(14)2)35-16(3)22-27-28-25(29(22)4)36-13-21(30)26-19-11-17(23(31)33-5)10-18(12-19)24(32)34-6/h7-12,16H,13H2,1-6H3,(H,26,30). The molecule has 0 aliphatic rings. The van der Waals surface area contributed by atoms with Gasteiger partial charge in [-0.3, -0.25) is 4.79 Å². The van der Waals surface area contributed by atoms with Gasteiger partial charge >= 0.3 is 11.9 Å². The van der Waals surface area contributed by atoms with Crippen molar-refractivity contribution in [3.63, 3.8) is 0 Å². The zero-order valence-electron chi connectivity index (χ0n) is 20.9. The van der Waals surface area contributed by atoms with Gasteiger partial charge in [0, 0.05) is 12.7 Å². The normalized spacial score (nSPS) is 11.5. The van der Waals surface area contributed by atoms with Crippen molar-refractivity contribution < 1.29 is 28.6 Å². The molecule has 1 heterocycles. The topological polar surface area (TPSA) is 122 Å². The van der Waals surface area contributed by atoms with Gasteiger partial charge in [0.05, 0.1) is 31.1 Å². The third kappa shape index (κ3) is 6.42. The second-order valence-corrected chi connectivity index (χ2v) is 8.97. The molecule has 0 saturated heterocycles. The molecule has 0 fully saturated rings. The molecule has 0 radical (unpaired) electrons. The quantitative estimate of drug-likeness (QED) is 0.336. The van der Waals surface area contributed by atoms with Crippen molar-refractivity contribution in [2.75, 3.05) is 25.3 Å². The second kappa shape index (κ2) is 11.7. The lowest BCUT2D eigenvalue weighted by molar-refractivity contribution is -0.113. The third-order valence-electron chi connectivity index (χ3n) is 5.41. The van der Waals surface area contributed by atoms with Crippen LogP contribution < -0.4 is 10.1 Å². The number of hydrogen-bond donors (Lipinski definition) is 1. The number of benzene rings is 2. The van der Waals surface area contributed by atoms with Gasteiger partial charge in [-0.15, -0.1) is 10.2 Å². The second-order valence-electron chi connectivity index (χ2n) is 8.02. The van der Waals surface area contributed by atoms with Crippen molar-refractivity contribution in [3.05, 3.63) is 64.5 Å². The smallest absolute Gasteiger partial charge is 0.337 e. The Morgan fingerprint density at radius 1 is 0.972 bits per heavy atom. The molecular formula is C25H28N4O6S. The summed E-state index contributed by atoms with van der Waals surface area (Å²) in [5, 5.41) is 11.6. The van der Waals surface area contributed by atoms with Gasteiger partial charge < -0.3 is 24.1 Å². The van der Waals surface area contributed by atoms with Crippen molar-refractivity contribution >= 4 is 35.3 Å². The minimum absolute atomic E-state index is 0.0222. The molecule has 10 nitrogen and oxygen atoms in total. The number of ether oxygens (including phenoxy) is 3. The van der Waals surface area contributed by atoms with Crippen LogP contribution in [0.2, 0.25) is 0 Å². The van der Waals surface area contributed by atoms with E-state index in [-0.39, 0.29) is 34.6 Å². The molecule has 3 rings (SSSR count). The Morgan fingerprint density at radius 2 is 1.61 bits per heavy atom. The zero-order valence-corrected chi connectivity index (χ0v) is 21.8. The number of aromatic nitrogens is 3. The van der Waals surface area contributed by atoms with Crippen LogP contribution in [0.4, 0.5) is 5.69 Å². The van der Waals surface area contributed by atoms with Gasteiger partial charge in [-0.1, -0.05) is 17.8 Å². The number of esters is 2. The summed E-state index contributed by atoms with van der Waals surface area (Å²) in [5.74, 6) is -0.271. The number of amides is 1. The van der Waals surface area contributed by atoms with Crippen LogP contribution >= 0.6 is 11.8 Å². The Hall–Kier alpha value is -3.86. The predicted molar refractivity (Wildman–Crippen MR) is 134 cm³/mol. The summed E-state index contributed by atoms with van der Waals surface area (Å²) in [6.07, 6.45) is -0.356. The largest absolute Gasteiger partial charge is 0.483 e. The molecule has 0 bridgehead atoms. The monoisotopic (exact) mass is 512 g/mol. The van der Waals surface area contributed by atoms with E-state index in [4.69, 9.17) is 14.2 Å². The number of rotatable bonds is 9. The first-order valence-electron chi connectivity index (χ1n) is 11.0. The highest BCUT2D eigenvalue weighted by molar-refractivity contribution is 7.99. The van der Waals surface area contributed by atoms with E-state index in [0.29, 0.717) is 11.0 Å². The number of thioether (sulfide) groups is 1. The Bertz CT molecular complexity index is 1260. The number of carbonyl (C=O) groups is 3. The maximum atomic E-state index is 12.6. The predicted octanol–water partition coefficient (Wildman–Crippen LogP) is 3.88. The number of aryl methyl sites for hydroxylation is 2. The molecule has 3 aromatic rings. The van der Waals surface area contributed by atoms with Crippen molar-refractivity contribution in [1.29, 1.82) is 0 Å². The molecule has 1 atom stereocenters. The van der Waals surface area contributed by atoms with Gasteiger partial charge in [0.2, 0.25) is 5.91 Å². The molecule has 0 spiro atoms.